The van der Waals surface area contributed by atoms with E-state index in [0.717, 1.165) is 28.8 Å². The summed E-state index contributed by atoms with van der Waals surface area (Å²) in [6.07, 6.45) is 2.69. The molecule has 0 amide bonds. The van der Waals surface area contributed by atoms with E-state index >= 15 is 0 Å². The van der Waals surface area contributed by atoms with Gasteiger partial charge in [-0.15, -0.1) is 5.10 Å². The molecule has 0 unspecified atom stereocenters. The maximum atomic E-state index is 4.37. The minimum atomic E-state index is 0.879. The second kappa shape index (κ2) is 3.97. The average molecular weight is 224 g/mol. The summed E-state index contributed by atoms with van der Waals surface area (Å²) in [5, 5.41) is 8.36. The van der Waals surface area contributed by atoms with E-state index in [0.29, 0.717) is 0 Å². The largest absolute Gasteiger partial charge is 0.259 e. The molecule has 4 heteroatoms. The van der Waals surface area contributed by atoms with E-state index in [1.54, 1.807) is 6.20 Å². The molecule has 4 nitrogen and oxygen atoms in total. The summed E-state index contributed by atoms with van der Waals surface area (Å²) in [6.45, 7) is 2.09. The van der Waals surface area contributed by atoms with Crippen molar-refractivity contribution in [1.29, 1.82) is 0 Å². The van der Waals surface area contributed by atoms with Gasteiger partial charge in [0.25, 0.3) is 0 Å². The molecule has 0 aliphatic carbocycles. The zero-order valence-corrected chi connectivity index (χ0v) is 9.54. The van der Waals surface area contributed by atoms with Crippen LogP contribution in [0.1, 0.15) is 12.6 Å². The molecule has 0 atom stereocenters. The predicted octanol–water partition coefficient (Wildman–Crippen LogP) is 2.38. The van der Waals surface area contributed by atoms with E-state index in [9.17, 15) is 0 Å². The summed E-state index contributed by atoms with van der Waals surface area (Å²) in [5.41, 5.74) is 3.94. The molecular formula is C13H12N4. The molecule has 17 heavy (non-hydrogen) atoms. The standard InChI is InChI=1S/C13H12N4/c1-2-10-12(8-5-9-14-10)17-13-7-4-3-6-11(13)15-16-17/h3-9H,2H2,1H3. The molecular weight excluding hydrogens is 212 g/mol. The maximum absolute atomic E-state index is 4.37. The molecule has 0 N–H and O–H groups in total. The van der Waals surface area contributed by atoms with Gasteiger partial charge in [-0.05, 0) is 30.7 Å². The first kappa shape index (κ1) is 9.96. The molecule has 0 aliphatic rings. The molecule has 0 fully saturated rings. The monoisotopic (exact) mass is 224 g/mol. The van der Waals surface area contributed by atoms with E-state index in [1.807, 2.05) is 41.1 Å². The Kier molecular flexibility index (Phi) is 2.33. The Labute approximate surface area is 98.9 Å². The number of benzene rings is 1. The lowest BCUT2D eigenvalue weighted by molar-refractivity contribution is 0.803. The van der Waals surface area contributed by atoms with E-state index in [1.165, 1.54) is 0 Å². The second-order valence-corrected chi connectivity index (χ2v) is 3.81. The Morgan fingerprint density at radius 3 is 2.88 bits per heavy atom. The highest BCUT2D eigenvalue weighted by Gasteiger charge is 2.09. The van der Waals surface area contributed by atoms with Crippen molar-refractivity contribution in [3.8, 4) is 5.69 Å². The zero-order valence-electron chi connectivity index (χ0n) is 9.54. The van der Waals surface area contributed by atoms with Crippen molar-refractivity contribution in [1.82, 2.24) is 20.0 Å². The van der Waals surface area contributed by atoms with E-state index in [2.05, 4.69) is 22.2 Å². The molecule has 3 rings (SSSR count). The van der Waals surface area contributed by atoms with Gasteiger partial charge in [-0.25, -0.2) is 4.68 Å². The third-order valence-corrected chi connectivity index (χ3v) is 2.78. The zero-order chi connectivity index (χ0) is 11.7. The van der Waals surface area contributed by atoms with E-state index < -0.39 is 0 Å². The van der Waals surface area contributed by atoms with Crippen LogP contribution in [-0.2, 0) is 6.42 Å². The van der Waals surface area contributed by atoms with Gasteiger partial charge in [0.05, 0.1) is 16.9 Å². The van der Waals surface area contributed by atoms with Crippen LogP contribution >= 0.6 is 0 Å². The summed E-state index contributed by atoms with van der Waals surface area (Å²) < 4.78 is 1.85. The van der Waals surface area contributed by atoms with Gasteiger partial charge >= 0.3 is 0 Å². The number of pyridine rings is 1. The summed E-state index contributed by atoms with van der Waals surface area (Å²) >= 11 is 0. The predicted molar refractivity (Wildman–Crippen MR) is 66.0 cm³/mol. The first-order valence-electron chi connectivity index (χ1n) is 5.65. The van der Waals surface area contributed by atoms with Crippen molar-refractivity contribution in [2.75, 3.05) is 0 Å². The van der Waals surface area contributed by atoms with Crippen LogP contribution in [0.25, 0.3) is 16.7 Å². The molecule has 0 saturated carbocycles. The van der Waals surface area contributed by atoms with Crippen LogP contribution in [0.4, 0.5) is 0 Å². The minimum absolute atomic E-state index is 0.879. The molecule has 0 radical (unpaired) electrons. The Morgan fingerprint density at radius 2 is 2.00 bits per heavy atom. The van der Waals surface area contributed by atoms with Crippen LogP contribution in [0.5, 0.6) is 0 Å². The molecule has 0 bridgehead atoms. The highest BCUT2D eigenvalue weighted by atomic mass is 15.4. The number of aromatic nitrogens is 4. The maximum Gasteiger partial charge on any atom is 0.113 e. The number of para-hydroxylation sites is 1. The normalized spacial score (nSPS) is 10.9. The minimum Gasteiger partial charge on any atom is -0.259 e. The summed E-state index contributed by atoms with van der Waals surface area (Å²) in [6, 6.07) is 11.9. The van der Waals surface area contributed by atoms with Crippen LogP contribution < -0.4 is 0 Å². The molecule has 1 aromatic carbocycles. The third-order valence-electron chi connectivity index (χ3n) is 2.78. The Balaban J connectivity index is 2.27. The van der Waals surface area contributed by atoms with Crippen molar-refractivity contribution in [3.05, 3.63) is 48.3 Å². The molecule has 3 aromatic rings. The van der Waals surface area contributed by atoms with Crippen molar-refractivity contribution >= 4 is 11.0 Å². The first-order chi connectivity index (χ1) is 8.40. The van der Waals surface area contributed by atoms with Gasteiger partial charge in [0.1, 0.15) is 5.52 Å². The van der Waals surface area contributed by atoms with Gasteiger partial charge in [0.2, 0.25) is 0 Å². The quantitative estimate of drug-likeness (QED) is 0.671. The highest BCUT2D eigenvalue weighted by molar-refractivity contribution is 5.76. The molecule has 0 saturated heterocycles. The van der Waals surface area contributed by atoms with E-state index in [-0.39, 0.29) is 0 Å². The first-order valence-corrected chi connectivity index (χ1v) is 5.65. The fourth-order valence-electron chi connectivity index (χ4n) is 1.94. The summed E-state index contributed by atoms with van der Waals surface area (Å²) in [5.74, 6) is 0. The number of rotatable bonds is 2. The number of hydrogen-bond acceptors (Lipinski definition) is 3. The van der Waals surface area contributed by atoms with Crippen LogP contribution in [-0.4, -0.2) is 20.0 Å². The second-order valence-electron chi connectivity index (χ2n) is 3.81. The Morgan fingerprint density at radius 1 is 1.12 bits per heavy atom. The van der Waals surface area contributed by atoms with Gasteiger partial charge in [-0.1, -0.05) is 24.3 Å². The van der Waals surface area contributed by atoms with Crippen molar-refractivity contribution in [2.45, 2.75) is 13.3 Å². The Bertz CT molecular complexity index is 657. The smallest absolute Gasteiger partial charge is 0.113 e. The van der Waals surface area contributed by atoms with Crippen LogP contribution in [0.15, 0.2) is 42.6 Å². The molecule has 84 valence electrons. The Hall–Kier alpha value is -2.23. The van der Waals surface area contributed by atoms with Gasteiger partial charge in [-0.3, -0.25) is 4.98 Å². The van der Waals surface area contributed by atoms with Crippen LogP contribution in [0, 0.1) is 0 Å². The van der Waals surface area contributed by atoms with Gasteiger partial charge in [0, 0.05) is 6.20 Å². The SMILES string of the molecule is CCc1ncccc1-n1nnc2ccccc21. The van der Waals surface area contributed by atoms with Gasteiger partial charge in [-0.2, -0.15) is 0 Å². The van der Waals surface area contributed by atoms with E-state index in [4.69, 9.17) is 0 Å². The lowest BCUT2D eigenvalue weighted by Gasteiger charge is -2.06. The van der Waals surface area contributed by atoms with Crippen molar-refractivity contribution < 1.29 is 0 Å². The van der Waals surface area contributed by atoms with Crippen molar-refractivity contribution in [2.24, 2.45) is 0 Å². The lowest BCUT2D eigenvalue weighted by atomic mass is 10.2. The third kappa shape index (κ3) is 1.58. The van der Waals surface area contributed by atoms with Gasteiger partial charge < -0.3 is 0 Å². The fourth-order valence-corrected chi connectivity index (χ4v) is 1.94. The molecule has 0 aliphatic heterocycles. The van der Waals surface area contributed by atoms with Crippen LogP contribution in [0.3, 0.4) is 0 Å². The summed E-state index contributed by atoms with van der Waals surface area (Å²) in [4.78, 5) is 4.37. The fraction of sp³-hybridized carbons (Fsp3) is 0.154. The topological polar surface area (TPSA) is 43.6 Å². The molecule has 0 spiro atoms. The number of fused-ring (bicyclic) bond motifs is 1. The molecule has 2 aromatic heterocycles. The number of nitrogens with zero attached hydrogens (tertiary/aromatic N) is 4. The molecule has 2 heterocycles. The number of aryl methyl sites for hydroxylation is 1. The van der Waals surface area contributed by atoms with Gasteiger partial charge in [0.15, 0.2) is 0 Å². The van der Waals surface area contributed by atoms with Crippen LogP contribution in [0.2, 0.25) is 0 Å². The van der Waals surface area contributed by atoms with Crippen molar-refractivity contribution in [3.63, 3.8) is 0 Å². The average Bonchev–Trinajstić information content (AvgIpc) is 2.82. The lowest BCUT2D eigenvalue weighted by Crippen LogP contribution is -2.02. The summed E-state index contributed by atoms with van der Waals surface area (Å²) in [7, 11) is 0. The number of hydrogen-bond donors (Lipinski definition) is 0. The highest BCUT2D eigenvalue weighted by Crippen LogP contribution is 2.17.